The zero-order valence-electron chi connectivity index (χ0n) is 15.8. The number of carbonyl (C=O) groups excluding carboxylic acids is 1. The average molecular weight is 387 g/mol. The van der Waals surface area contributed by atoms with Crippen LogP contribution in [0.3, 0.4) is 0 Å². The van der Waals surface area contributed by atoms with Crippen LogP contribution in [0.15, 0.2) is 48.5 Å². The quantitative estimate of drug-likeness (QED) is 0.383. The van der Waals surface area contributed by atoms with Crippen LogP contribution in [-0.4, -0.2) is 17.3 Å². The first-order valence-corrected chi connectivity index (χ1v) is 10.7. The standard InChI is InChI=1S/C23H30OS2/c1-17(11-13-25)15-19-3-7-21(8-4-19)23(24)22-9-5-20(6-10-22)16-18(2)12-14-26/h3-10,17-18,25-26H,11-16H2,1-2H3. The van der Waals surface area contributed by atoms with Gasteiger partial charge in [0.2, 0.25) is 0 Å². The molecule has 2 unspecified atom stereocenters. The van der Waals surface area contributed by atoms with Crippen LogP contribution in [0.25, 0.3) is 0 Å². The van der Waals surface area contributed by atoms with Crippen LogP contribution in [-0.2, 0) is 12.8 Å². The third-order valence-electron chi connectivity index (χ3n) is 4.84. The van der Waals surface area contributed by atoms with E-state index in [1.807, 2.05) is 24.3 Å². The Morgan fingerprint density at radius 1 is 0.731 bits per heavy atom. The molecular formula is C23H30OS2. The minimum Gasteiger partial charge on any atom is -0.289 e. The highest BCUT2D eigenvalue weighted by atomic mass is 32.1. The maximum Gasteiger partial charge on any atom is 0.193 e. The first-order chi connectivity index (χ1) is 12.5. The van der Waals surface area contributed by atoms with Gasteiger partial charge in [-0.3, -0.25) is 4.79 Å². The van der Waals surface area contributed by atoms with Gasteiger partial charge in [-0.05, 0) is 60.2 Å². The highest BCUT2D eigenvalue weighted by Crippen LogP contribution is 2.17. The summed E-state index contributed by atoms with van der Waals surface area (Å²) < 4.78 is 0. The zero-order chi connectivity index (χ0) is 18.9. The topological polar surface area (TPSA) is 17.1 Å². The van der Waals surface area contributed by atoms with E-state index >= 15 is 0 Å². The van der Waals surface area contributed by atoms with E-state index in [0.29, 0.717) is 11.8 Å². The van der Waals surface area contributed by atoms with Gasteiger partial charge in [0.25, 0.3) is 0 Å². The van der Waals surface area contributed by atoms with Crippen LogP contribution in [0, 0.1) is 11.8 Å². The van der Waals surface area contributed by atoms with Crippen LogP contribution >= 0.6 is 25.3 Å². The van der Waals surface area contributed by atoms with Crippen molar-refractivity contribution >= 4 is 31.0 Å². The minimum absolute atomic E-state index is 0.0925. The molecule has 0 amide bonds. The molecule has 140 valence electrons. The van der Waals surface area contributed by atoms with Crippen molar-refractivity contribution in [2.24, 2.45) is 11.8 Å². The van der Waals surface area contributed by atoms with E-state index in [2.05, 4.69) is 63.4 Å². The van der Waals surface area contributed by atoms with Crippen LogP contribution in [0.2, 0.25) is 0 Å². The van der Waals surface area contributed by atoms with E-state index < -0.39 is 0 Å². The second-order valence-electron chi connectivity index (χ2n) is 7.37. The first kappa shape index (κ1) is 21.1. The molecule has 0 bridgehead atoms. The van der Waals surface area contributed by atoms with Crippen molar-refractivity contribution in [2.75, 3.05) is 11.5 Å². The Morgan fingerprint density at radius 2 is 1.08 bits per heavy atom. The fraction of sp³-hybridized carbons (Fsp3) is 0.435. The monoisotopic (exact) mass is 386 g/mol. The summed E-state index contributed by atoms with van der Waals surface area (Å²) in [5.74, 6) is 3.16. The van der Waals surface area contributed by atoms with E-state index in [0.717, 1.165) is 48.3 Å². The number of thiol groups is 2. The van der Waals surface area contributed by atoms with Gasteiger partial charge >= 0.3 is 0 Å². The molecule has 0 aromatic heterocycles. The number of benzene rings is 2. The highest BCUT2D eigenvalue weighted by Gasteiger charge is 2.10. The molecule has 2 rings (SSSR count). The zero-order valence-corrected chi connectivity index (χ0v) is 17.6. The highest BCUT2D eigenvalue weighted by molar-refractivity contribution is 7.80. The molecule has 0 aliphatic rings. The molecular weight excluding hydrogens is 356 g/mol. The minimum atomic E-state index is 0.0925. The van der Waals surface area contributed by atoms with E-state index in [1.54, 1.807) is 0 Å². The number of hydrogen-bond acceptors (Lipinski definition) is 3. The molecule has 0 fully saturated rings. The summed E-state index contributed by atoms with van der Waals surface area (Å²) in [6.45, 7) is 4.49. The van der Waals surface area contributed by atoms with Gasteiger partial charge in [0, 0.05) is 11.1 Å². The van der Waals surface area contributed by atoms with Gasteiger partial charge in [-0.1, -0.05) is 62.4 Å². The normalized spacial score (nSPS) is 13.4. The average Bonchev–Trinajstić information content (AvgIpc) is 2.63. The Bertz CT molecular complexity index is 617. The van der Waals surface area contributed by atoms with E-state index in [1.165, 1.54) is 11.1 Å². The summed E-state index contributed by atoms with van der Waals surface area (Å²) in [6, 6.07) is 16.1. The molecule has 2 aromatic rings. The van der Waals surface area contributed by atoms with Gasteiger partial charge in [-0.25, -0.2) is 0 Å². The molecule has 0 aliphatic carbocycles. The fourth-order valence-corrected chi connectivity index (χ4v) is 4.08. The molecule has 26 heavy (non-hydrogen) atoms. The lowest BCUT2D eigenvalue weighted by molar-refractivity contribution is 0.103. The maximum atomic E-state index is 12.7. The number of ketones is 1. The molecule has 2 atom stereocenters. The van der Waals surface area contributed by atoms with Crippen molar-refractivity contribution in [1.29, 1.82) is 0 Å². The molecule has 0 saturated heterocycles. The molecule has 3 heteroatoms. The number of hydrogen-bond donors (Lipinski definition) is 2. The molecule has 0 heterocycles. The van der Waals surface area contributed by atoms with Crippen LogP contribution in [0.1, 0.15) is 53.7 Å². The molecule has 0 N–H and O–H groups in total. The fourth-order valence-electron chi connectivity index (χ4n) is 3.20. The van der Waals surface area contributed by atoms with Crippen molar-refractivity contribution in [2.45, 2.75) is 39.5 Å². The van der Waals surface area contributed by atoms with Crippen molar-refractivity contribution in [3.8, 4) is 0 Å². The van der Waals surface area contributed by atoms with E-state index in [9.17, 15) is 4.79 Å². The lowest BCUT2D eigenvalue weighted by Crippen LogP contribution is -2.04. The Morgan fingerprint density at radius 3 is 1.38 bits per heavy atom. The third kappa shape index (κ3) is 6.51. The lowest BCUT2D eigenvalue weighted by atomic mass is 9.95. The largest absolute Gasteiger partial charge is 0.289 e. The second-order valence-corrected chi connectivity index (χ2v) is 8.26. The summed E-state index contributed by atoms with van der Waals surface area (Å²) in [5.41, 5.74) is 4.08. The molecule has 0 aliphatic heterocycles. The third-order valence-corrected chi connectivity index (χ3v) is 5.36. The summed E-state index contributed by atoms with van der Waals surface area (Å²) in [5, 5.41) is 0. The van der Waals surface area contributed by atoms with Gasteiger partial charge in [0.05, 0.1) is 0 Å². The van der Waals surface area contributed by atoms with Crippen molar-refractivity contribution in [3.05, 3.63) is 70.8 Å². The Hall–Kier alpha value is -1.19. The number of carbonyl (C=O) groups is 1. The smallest absolute Gasteiger partial charge is 0.193 e. The summed E-state index contributed by atoms with van der Waals surface area (Å²) >= 11 is 8.60. The van der Waals surface area contributed by atoms with Gasteiger partial charge in [-0.15, -0.1) is 0 Å². The second kappa shape index (κ2) is 10.8. The lowest BCUT2D eigenvalue weighted by Gasteiger charge is -2.11. The Balaban J connectivity index is 1.99. The van der Waals surface area contributed by atoms with Gasteiger partial charge in [0.1, 0.15) is 0 Å². The first-order valence-electron chi connectivity index (χ1n) is 9.47. The molecule has 2 aromatic carbocycles. The van der Waals surface area contributed by atoms with E-state index in [-0.39, 0.29) is 5.78 Å². The molecule has 1 nitrogen and oxygen atoms in total. The van der Waals surface area contributed by atoms with Gasteiger partial charge < -0.3 is 0 Å². The molecule has 0 spiro atoms. The molecule has 0 saturated carbocycles. The van der Waals surface area contributed by atoms with Gasteiger partial charge in [0.15, 0.2) is 5.78 Å². The summed E-state index contributed by atoms with van der Waals surface area (Å²) in [7, 11) is 0. The van der Waals surface area contributed by atoms with Crippen molar-refractivity contribution in [1.82, 2.24) is 0 Å². The Labute approximate surface area is 169 Å². The van der Waals surface area contributed by atoms with Crippen LogP contribution in [0.4, 0.5) is 0 Å². The summed E-state index contributed by atoms with van der Waals surface area (Å²) in [6.07, 6.45) is 4.30. The van der Waals surface area contributed by atoms with Gasteiger partial charge in [-0.2, -0.15) is 25.3 Å². The maximum absolute atomic E-state index is 12.7. The van der Waals surface area contributed by atoms with Crippen LogP contribution in [0.5, 0.6) is 0 Å². The predicted molar refractivity (Wildman–Crippen MR) is 119 cm³/mol. The van der Waals surface area contributed by atoms with E-state index in [4.69, 9.17) is 0 Å². The summed E-state index contributed by atoms with van der Waals surface area (Å²) in [4.78, 5) is 12.7. The molecule has 0 radical (unpaired) electrons. The SMILES string of the molecule is CC(CCS)Cc1ccc(C(=O)c2ccc(CC(C)CCS)cc2)cc1. The van der Waals surface area contributed by atoms with Crippen molar-refractivity contribution in [3.63, 3.8) is 0 Å². The predicted octanol–water partition coefficient (Wildman–Crippen LogP) is 5.91. The number of rotatable bonds is 10. The van der Waals surface area contributed by atoms with Crippen LogP contribution < -0.4 is 0 Å². The van der Waals surface area contributed by atoms with Crippen molar-refractivity contribution < 1.29 is 4.79 Å². The Kier molecular flexibility index (Phi) is 8.80.